The minimum Gasteiger partial charge on any atom is -0.478 e. The van der Waals surface area contributed by atoms with E-state index < -0.39 is 12.1 Å². The molecule has 0 atom stereocenters. The summed E-state index contributed by atoms with van der Waals surface area (Å²) in [5, 5.41) is 11.3. The number of carbonyl (C=O) groups excluding carboxylic acids is 1. The molecule has 0 radical (unpaired) electrons. The molecule has 0 aliphatic heterocycles. The lowest BCUT2D eigenvalue weighted by Crippen LogP contribution is -2.14. The zero-order chi connectivity index (χ0) is 12.8. The number of hydrogen-bond donors (Lipinski definition) is 2. The zero-order valence-corrected chi connectivity index (χ0v) is 9.40. The second kappa shape index (κ2) is 5.69. The van der Waals surface area contributed by atoms with E-state index in [4.69, 9.17) is 9.84 Å². The number of carboxylic acids is 1. The van der Waals surface area contributed by atoms with Gasteiger partial charge in [0.2, 0.25) is 0 Å². The first-order valence-electron chi connectivity index (χ1n) is 4.93. The van der Waals surface area contributed by atoms with Gasteiger partial charge >= 0.3 is 12.1 Å². The second-order valence-electron chi connectivity index (χ2n) is 3.35. The summed E-state index contributed by atoms with van der Waals surface area (Å²) in [4.78, 5) is 22.0. The Balaban J connectivity index is 2.74. The summed E-state index contributed by atoms with van der Waals surface area (Å²) in [5.74, 6) is -0.997. The fourth-order valence-electron chi connectivity index (χ4n) is 1.27. The van der Waals surface area contributed by atoms with E-state index in [9.17, 15) is 9.59 Å². The third-order valence-corrected chi connectivity index (χ3v) is 2.04. The van der Waals surface area contributed by atoms with Gasteiger partial charge in [0.15, 0.2) is 0 Å². The number of anilines is 1. The summed E-state index contributed by atoms with van der Waals surface area (Å²) in [6.45, 7) is 5.19. The smallest absolute Gasteiger partial charge is 0.411 e. The molecule has 0 heterocycles. The number of carbonyl (C=O) groups is 2. The highest BCUT2D eigenvalue weighted by molar-refractivity contribution is 5.91. The van der Waals surface area contributed by atoms with Crippen molar-refractivity contribution in [1.29, 1.82) is 0 Å². The van der Waals surface area contributed by atoms with Crippen LogP contribution in [0.25, 0.3) is 0 Å². The van der Waals surface area contributed by atoms with Gasteiger partial charge in [0, 0.05) is 5.69 Å². The molecule has 0 aliphatic carbocycles. The standard InChI is InChI=1S/C12H13NO4/c1-3-6-17-12(16)13-9-4-5-10(11(14)15)8(2)7-9/h3-5,7H,1,6H2,2H3,(H,13,16)(H,14,15). The zero-order valence-electron chi connectivity index (χ0n) is 9.40. The van der Waals surface area contributed by atoms with Crippen LogP contribution >= 0.6 is 0 Å². The molecule has 1 amide bonds. The van der Waals surface area contributed by atoms with Crippen LogP contribution in [0.1, 0.15) is 15.9 Å². The first-order valence-corrected chi connectivity index (χ1v) is 4.93. The predicted molar refractivity (Wildman–Crippen MR) is 63.3 cm³/mol. The fourth-order valence-corrected chi connectivity index (χ4v) is 1.27. The van der Waals surface area contributed by atoms with Crippen molar-refractivity contribution in [2.75, 3.05) is 11.9 Å². The Bertz CT molecular complexity index is 454. The Labute approximate surface area is 98.7 Å². The molecule has 0 unspecified atom stereocenters. The van der Waals surface area contributed by atoms with E-state index in [1.54, 1.807) is 13.0 Å². The molecular weight excluding hydrogens is 222 g/mol. The van der Waals surface area contributed by atoms with Crippen molar-refractivity contribution in [2.45, 2.75) is 6.92 Å². The molecule has 17 heavy (non-hydrogen) atoms. The van der Waals surface area contributed by atoms with Gasteiger partial charge in [0.1, 0.15) is 6.61 Å². The van der Waals surface area contributed by atoms with Gasteiger partial charge in [-0.05, 0) is 30.7 Å². The van der Waals surface area contributed by atoms with Gasteiger partial charge in [-0.1, -0.05) is 12.7 Å². The van der Waals surface area contributed by atoms with E-state index in [0.717, 1.165) is 0 Å². The Morgan fingerprint density at radius 2 is 2.24 bits per heavy atom. The van der Waals surface area contributed by atoms with Crippen LogP contribution in [-0.4, -0.2) is 23.8 Å². The van der Waals surface area contributed by atoms with Crippen LogP contribution in [0, 0.1) is 6.92 Å². The molecule has 0 saturated heterocycles. The fraction of sp³-hybridized carbons (Fsp3) is 0.167. The van der Waals surface area contributed by atoms with Crippen molar-refractivity contribution in [3.05, 3.63) is 42.0 Å². The SMILES string of the molecule is C=CCOC(=O)Nc1ccc(C(=O)O)c(C)c1. The highest BCUT2D eigenvalue weighted by Crippen LogP contribution is 2.15. The molecule has 1 aromatic carbocycles. The van der Waals surface area contributed by atoms with Gasteiger partial charge in [0.25, 0.3) is 0 Å². The molecule has 1 aromatic rings. The van der Waals surface area contributed by atoms with Gasteiger partial charge < -0.3 is 9.84 Å². The van der Waals surface area contributed by atoms with Crippen molar-refractivity contribution >= 4 is 17.7 Å². The third-order valence-electron chi connectivity index (χ3n) is 2.04. The summed E-state index contributed by atoms with van der Waals surface area (Å²) in [5.41, 5.74) is 1.26. The Morgan fingerprint density at radius 3 is 2.76 bits per heavy atom. The summed E-state index contributed by atoms with van der Waals surface area (Å²) < 4.78 is 4.73. The van der Waals surface area contributed by atoms with Crippen molar-refractivity contribution < 1.29 is 19.4 Å². The van der Waals surface area contributed by atoms with Gasteiger partial charge in [-0.15, -0.1) is 0 Å². The van der Waals surface area contributed by atoms with Gasteiger partial charge in [-0.2, -0.15) is 0 Å². The minimum absolute atomic E-state index is 0.123. The molecule has 0 aromatic heterocycles. The molecule has 90 valence electrons. The van der Waals surface area contributed by atoms with E-state index in [1.807, 2.05) is 0 Å². The third kappa shape index (κ3) is 3.64. The number of hydrogen-bond acceptors (Lipinski definition) is 3. The minimum atomic E-state index is -0.997. The molecule has 0 bridgehead atoms. The van der Waals surface area contributed by atoms with E-state index >= 15 is 0 Å². The molecule has 0 aliphatic rings. The topological polar surface area (TPSA) is 75.6 Å². The molecule has 0 fully saturated rings. The Morgan fingerprint density at radius 1 is 1.53 bits per heavy atom. The summed E-state index contributed by atoms with van der Waals surface area (Å²) in [7, 11) is 0. The summed E-state index contributed by atoms with van der Waals surface area (Å²) in [6, 6.07) is 4.50. The van der Waals surface area contributed by atoms with Crippen LogP contribution in [0.15, 0.2) is 30.9 Å². The number of nitrogens with one attached hydrogen (secondary N) is 1. The quantitative estimate of drug-likeness (QED) is 0.786. The van der Waals surface area contributed by atoms with Crippen LogP contribution in [0.4, 0.5) is 10.5 Å². The van der Waals surface area contributed by atoms with E-state index in [1.165, 1.54) is 18.2 Å². The highest BCUT2D eigenvalue weighted by atomic mass is 16.5. The number of carboxylic acid groups (broad SMARTS) is 1. The number of aromatic carboxylic acids is 1. The first kappa shape index (κ1) is 12.8. The van der Waals surface area contributed by atoms with Gasteiger partial charge in [-0.25, -0.2) is 9.59 Å². The van der Waals surface area contributed by atoms with Gasteiger partial charge in [0.05, 0.1) is 5.56 Å². The van der Waals surface area contributed by atoms with Crippen LogP contribution in [0.2, 0.25) is 0 Å². The molecular formula is C12H13NO4. The maximum atomic E-state index is 11.2. The lowest BCUT2D eigenvalue weighted by molar-refractivity contribution is 0.0696. The van der Waals surface area contributed by atoms with E-state index in [-0.39, 0.29) is 12.2 Å². The maximum Gasteiger partial charge on any atom is 0.411 e. The van der Waals surface area contributed by atoms with Crippen LogP contribution in [-0.2, 0) is 4.74 Å². The molecule has 1 rings (SSSR count). The van der Waals surface area contributed by atoms with Crippen LogP contribution < -0.4 is 5.32 Å². The van der Waals surface area contributed by atoms with E-state index in [0.29, 0.717) is 11.3 Å². The molecule has 0 saturated carbocycles. The number of ether oxygens (including phenoxy) is 1. The van der Waals surface area contributed by atoms with Crippen LogP contribution in [0.3, 0.4) is 0 Å². The second-order valence-corrected chi connectivity index (χ2v) is 3.35. The van der Waals surface area contributed by atoms with Crippen LogP contribution in [0.5, 0.6) is 0 Å². The number of rotatable bonds is 4. The molecule has 2 N–H and O–H groups in total. The normalized spacial score (nSPS) is 9.47. The lowest BCUT2D eigenvalue weighted by Gasteiger charge is -2.07. The average Bonchev–Trinajstić information content (AvgIpc) is 2.26. The Hall–Kier alpha value is -2.30. The maximum absolute atomic E-state index is 11.2. The van der Waals surface area contributed by atoms with Crippen molar-refractivity contribution in [3.8, 4) is 0 Å². The summed E-state index contributed by atoms with van der Waals surface area (Å²) in [6.07, 6.45) is 0.852. The first-order chi connectivity index (χ1) is 8.04. The van der Waals surface area contributed by atoms with Crippen molar-refractivity contribution in [2.24, 2.45) is 0 Å². The number of amides is 1. The summed E-state index contributed by atoms with van der Waals surface area (Å²) >= 11 is 0. The largest absolute Gasteiger partial charge is 0.478 e. The van der Waals surface area contributed by atoms with Gasteiger partial charge in [-0.3, -0.25) is 5.32 Å². The molecule has 0 spiro atoms. The van der Waals surface area contributed by atoms with E-state index in [2.05, 4.69) is 11.9 Å². The Kier molecular flexibility index (Phi) is 4.28. The predicted octanol–water partition coefficient (Wildman–Crippen LogP) is 2.43. The number of aryl methyl sites for hydroxylation is 1. The number of benzene rings is 1. The van der Waals surface area contributed by atoms with Crippen molar-refractivity contribution in [3.63, 3.8) is 0 Å². The monoisotopic (exact) mass is 235 g/mol. The molecule has 5 nitrogen and oxygen atoms in total. The van der Waals surface area contributed by atoms with Crippen molar-refractivity contribution in [1.82, 2.24) is 0 Å². The molecule has 5 heteroatoms. The lowest BCUT2D eigenvalue weighted by atomic mass is 10.1. The average molecular weight is 235 g/mol. The highest BCUT2D eigenvalue weighted by Gasteiger charge is 2.08.